The number of nitrogens with zero attached hydrogens (tertiary/aromatic N) is 2. The second-order valence-electron chi connectivity index (χ2n) is 5.75. The molecule has 0 aliphatic carbocycles. The number of aliphatic carboxylic acids is 1. The molecular formula is C19H19N3O4. The molecule has 0 saturated heterocycles. The zero-order valence-corrected chi connectivity index (χ0v) is 14.5. The first-order valence-corrected chi connectivity index (χ1v) is 8.19. The highest BCUT2D eigenvalue weighted by atomic mass is 16.5. The Morgan fingerprint density at radius 3 is 2.58 bits per heavy atom. The molecule has 7 heteroatoms. The SMILES string of the molecule is CCc1nc2c(OC)cccn2c1C(=O)Nc1ccc(CC(=O)O)cc1. The summed E-state index contributed by atoms with van der Waals surface area (Å²) in [7, 11) is 1.56. The summed E-state index contributed by atoms with van der Waals surface area (Å²) in [6.45, 7) is 1.94. The molecular weight excluding hydrogens is 334 g/mol. The summed E-state index contributed by atoms with van der Waals surface area (Å²) in [5, 5.41) is 11.7. The molecule has 1 aromatic carbocycles. The van der Waals surface area contributed by atoms with E-state index in [0.717, 1.165) is 0 Å². The van der Waals surface area contributed by atoms with Crippen LogP contribution in [-0.2, 0) is 17.6 Å². The van der Waals surface area contributed by atoms with Gasteiger partial charge >= 0.3 is 5.97 Å². The Kier molecular flexibility index (Phi) is 4.88. The molecule has 0 radical (unpaired) electrons. The normalized spacial score (nSPS) is 10.7. The van der Waals surface area contributed by atoms with E-state index < -0.39 is 5.97 Å². The molecule has 2 aromatic heterocycles. The van der Waals surface area contributed by atoms with Crippen molar-refractivity contribution in [1.29, 1.82) is 0 Å². The fourth-order valence-corrected chi connectivity index (χ4v) is 2.81. The topological polar surface area (TPSA) is 92.9 Å². The second-order valence-corrected chi connectivity index (χ2v) is 5.75. The van der Waals surface area contributed by atoms with Crippen LogP contribution in [0, 0.1) is 0 Å². The summed E-state index contributed by atoms with van der Waals surface area (Å²) >= 11 is 0. The molecule has 0 bridgehead atoms. The zero-order valence-electron chi connectivity index (χ0n) is 14.5. The molecule has 2 heterocycles. The fourth-order valence-electron chi connectivity index (χ4n) is 2.81. The lowest BCUT2D eigenvalue weighted by Gasteiger charge is -2.08. The average molecular weight is 353 g/mol. The highest BCUT2D eigenvalue weighted by Crippen LogP contribution is 2.23. The first kappa shape index (κ1) is 17.5. The lowest BCUT2D eigenvalue weighted by atomic mass is 10.1. The lowest BCUT2D eigenvalue weighted by Crippen LogP contribution is -2.16. The van der Waals surface area contributed by atoms with E-state index in [0.29, 0.717) is 40.5 Å². The molecule has 7 nitrogen and oxygen atoms in total. The number of hydrogen-bond donors (Lipinski definition) is 2. The van der Waals surface area contributed by atoms with Gasteiger partial charge in [-0.05, 0) is 36.2 Å². The molecule has 0 atom stereocenters. The number of imidazole rings is 1. The van der Waals surface area contributed by atoms with E-state index >= 15 is 0 Å². The molecule has 26 heavy (non-hydrogen) atoms. The molecule has 1 amide bonds. The number of aromatic nitrogens is 2. The molecule has 0 saturated carbocycles. The number of carboxylic acid groups (broad SMARTS) is 1. The van der Waals surface area contributed by atoms with Crippen LogP contribution in [0.1, 0.15) is 28.7 Å². The van der Waals surface area contributed by atoms with Gasteiger partial charge in [-0.3, -0.25) is 14.0 Å². The summed E-state index contributed by atoms with van der Waals surface area (Å²) in [6.07, 6.45) is 2.32. The van der Waals surface area contributed by atoms with Crippen molar-refractivity contribution in [3.8, 4) is 5.75 Å². The zero-order chi connectivity index (χ0) is 18.7. The number of nitrogens with one attached hydrogen (secondary N) is 1. The van der Waals surface area contributed by atoms with Crippen molar-refractivity contribution >= 4 is 23.2 Å². The van der Waals surface area contributed by atoms with E-state index in [1.807, 2.05) is 6.92 Å². The maximum atomic E-state index is 12.8. The van der Waals surface area contributed by atoms with Crippen molar-refractivity contribution in [2.24, 2.45) is 0 Å². The number of fused-ring (bicyclic) bond motifs is 1. The molecule has 0 unspecified atom stereocenters. The van der Waals surface area contributed by atoms with Crippen LogP contribution in [0.15, 0.2) is 42.6 Å². The van der Waals surface area contributed by atoms with Crippen molar-refractivity contribution in [2.45, 2.75) is 19.8 Å². The van der Waals surface area contributed by atoms with Gasteiger partial charge in [0, 0.05) is 11.9 Å². The molecule has 0 spiro atoms. The van der Waals surface area contributed by atoms with E-state index in [2.05, 4.69) is 10.3 Å². The Morgan fingerprint density at radius 2 is 1.96 bits per heavy atom. The second kappa shape index (κ2) is 7.26. The van der Waals surface area contributed by atoms with Gasteiger partial charge < -0.3 is 15.2 Å². The van der Waals surface area contributed by atoms with E-state index in [-0.39, 0.29) is 12.3 Å². The predicted octanol–water partition coefficient (Wildman–Crippen LogP) is 2.78. The van der Waals surface area contributed by atoms with Gasteiger partial charge in [-0.2, -0.15) is 0 Å². The third-order valence-corrected chi connectivity index (χ3v) is 4.02. The van der Waals surface area contributed by atoms with Crippen LogP contribution in [0.3, 0.4) is 0 Å². The van der Waals surface area contributed by atoms with Crippen LogP contribution in [0.25, 0.3) is 5.65 Å². The molecule has 134 valence electrons. The number of carbonyl (C=O) groups excluding carboxylic acids is 1. The number of hydrogen-bond acceptors (Lipinski definition) is 4. The van der Waals surface area contributed by atoms with Crippen LogP contribution in [0.5, 0.6) is 5.75 Å². The van der Waals surface area contributed by atoms with Gasteiger partial charge in [0.25, 0.3) is 5.91 Å². The summed E-state index contributed by atoms with van der Waals surface area (Å²) in [6, 6.07) is 10.3. The van der Waals surface area contributed by atoms with E-state index in [4.69, 9.17) is 9.84 Å². The van der Waals surface area contributed by atoms with Crippen molar-refractivity contribution in [1.82, 2.24) is 9.38 Å². The number of pyridine rings is 1. The van der Waals surface area contributed by atoms with Crippen LogP contribution >= 0.6 is 0 Å². The number of benzene rings is 1. The summed E-state index contributed by atoms with van der Waals surface area (Å²) in [5.41, 5.74) is 2.98. The average Bonchev–Trinajstić information content (AvgIpc) is 3.01. The summed E-state index contributed by atoms with van der Waals surface area (Å²) in [4.78, 5) is 28.1. The Balaban J connectivity index is 1.91. The smallest absolute Gasteiger partial charge is 0.307 e. The van der Waals surface area contributed by atoms with Crippen molar-refractivity contribution in [3.05, 3.63) is 59.5 Å². The van der Waals surface area contributed by atoms with Gasteiger partial charge in [-0.1, -0.05) is 19.1 Å². The Bertz CT molecular complexity index is 961. The van der Waals surface area contributed by atoms with Crippen LogP contribution in [0.2, 0.25) is 0 Å². The fraction of sp³-hybridized carbons (Fsp3) is 0.211. The standard InChI is InChI=1S/C19H19N3O4/c1-3-14-17(22-10-4-5-15(26-2)18(22)21-14)19(25)20-13-8-6-12(7-9-13)11-16(23)24/h4-10H,3,11H2,1-2H3,(H,20,25)(H,23,24). The number of carboxylic acids is 1. The minimum atomic E-state index is -0.894. The molecule has 2 N–H and O–H groups in total. The molecule has 0 aliphatic heterocycles. The van der Waals surface area contributed by atoms with Crippen molar-refractivity contribution < 1.29 is 19.4 Å². The van der Waals surface area contributed by atoms with Gasteiger partial charge in [-0.25, -0.2) is 4.98 Å². The number of aryl methyl sites for hydroxylation is 1. The number of amides is 1. The van der Waals surface area contributed by atoms with Crippen LogP contribution < -0.4 is 10.1 Å². The van der Waals surface area contributed by atoms with Gasteiger partial charge in [0.1, 0.15) is 5.69 Å². The van der Waals surface area contributed by atoms with Crippen molar-refractivity contribution in [2.75, 3.05) is 12.4 Å². The number of ether oxygens (including phenoxy) is 1. The first-order chi connectivity index (χ1) is 12.5. The maximum Gasteiger partial charge on any atom is 0.307 e. The molecule has 0 fully saturated rings. The van der Waals surface area contributed by atoms with E-state index in [1.165, 1.54) is 0 Å². The maximum absolute atomic E-state index is 12.8. The van der Waals surface area contributed by atoms with E-state index in [9.17, 15) is 9.59 Å². The third kappa shape index (κ3) is 3.37. The number of anilines is 1. The predicted molar refractivity (Wildman–Crippen MR) is 96.9 cm³/mol. The minimum Gasteiger partial charge on any atom is -0.493 e. The van der Waals surface area contributed by atoms with Gasteiger partial charge in [0.15, 0.2) is 11.4 Å². The van der Waals surface area contributed by atoms with Crippen LogP contribution in [-0.4, -0.2) is 33.5 Å². The lowest BCUT2D eigenvalue weighted by molar-refractivity contribution is -0.136. The number of carbonyl (C=O) groups is 2. The minimum absolute atomic E-state index is 0.0543. The largest absolute Gasteiger partial charge is 0.493 e. The third-order valence-electron chi connectivity index (χ3n) is 4.02. The summed E-state index contributed by atoms with van der Waals surface area (Å²) < 4.78 is 7.03. The number of rotatable bonds is 6. The highest BCUT2D eigenvalue weighted by Gasteiger charge is 2.20. The Labute approximate surface area is 150 Å². The van der Waals surface area contributed by atoms with E-state index in [1.54, 1.807) is 54.1 Å². The van der Waals surface area contributed by atoms with Gasteiger partial charge in [0.2, 0.25) is 0 Å². The molecule has 0 aliphatic rings. The quantitative estimate of drug-likeness (QED) is 0.711. The molecule has 3 aromatic rings. The van der Waals surface area contributed by atoms with Crippen LogP contribution in [0.4, 0.5) is 5.69 Å². The monoisotopic (exact) mass is 353 g/mol. The number of methoxy groups -OCH3 is 1. The highest BCUT2D eigenvalue weighted by molar-refractivity contribution is 6.04. The first-order valence-electron chi connectivity index (χ1n) is 8.19. The van der Waals surface area contributed by atoms with Crippen molar-refractivity contribution in [3.63, 3.8) is 0 Å². The molecule has 3 rings (SSSR count). The Morgan fingerprint density at radius 1 is 1.23 bits per heavy atom. The van der Waals surface area contributed by atoms with Gasteiger partial charge in [-0.15, -0.1) is 0 Å². The Hall–Kier alpha value is -3.35. The summed E-state index contributed by atoms with van der Waals surface area (Å²) in [5.74, 6) is -0.582. The van der Waals surface area contributed by atoms with Gasteiger partial charge in [0.05, 0.1) is 19.2 Å².